The number of tetrazole rings is 1. The molecular weight excluding hydrogens is 246 g/mol. The standard InChI is InChI=1S/C12H11N5S/c1-8-2-4-9(5-3-8)12-13-10(7-18-12)6-11-14-16-17-15-11/h2-5,7H,6H2,1H3,(H,14,15,16,17). The van der Waals surface area contributed by atoms with Gasteiger partial charge < -0.3 is 0 Å². The summed E-state index contributed by atoms with van der Waals surface area (Å²) in [6.45, 7) is 2.08. The topological polar surface area (TPSA) is 67.3 Å². The molecule has 0 aliphatic rings. The third kappa shape index (κ3) is 2.28. The molecule has 0 spiro atoms. The van der Waals surface area contributed by atoms with Gasteiger partial charge in [-0.1, -0.05) is 35.0 Å². The summed E-state index contributed by atoms with van der Waals surface area (Å²) in [6, 6.07) is 8.36. The highest BCUT2D eigenvalue weighted by molar-refractivity contribution is 7.13. The summed E-state index contributed by atoms with van der Waals surface area (Å²) in [5.41, 5.74) is 3.37. The quantitative estimate of drug-likeness (QED) is 0.781. The monoisotopic (exact) mass is 257 g/mol. The normalized spacial score (nSPS) is 10.7. The molecule has 90 valence electrons. The summed E-state index contributed by atoms with van der Waals surface area (Å²) in [7, 11) is 0. The lowest BCUT2D eigenvalue weighted by atomic mass is 10.2. The maximum atomic E-state index is 4.58. The van der Waals surface area contributed by atoms with E-state index in [-0.39, 0.29) is 0 Å². The number of H-pyrrole nitrogens is 1. The smallest absolute Gasteiger partial charge is 0.180 e. The fraction of sp³-hybridized carbons (Fsp3) is 0.167. The highest BCUT2D eigenvalue weighted by atomic mass is 32.1. The number of benzene rings is 1. The van der Waals surface area contributed by atoms with Crippen LogP contribution in [-0.4, -0.2) is 25.6 Å². The Morgan fingerprint density at radius 1 is 1.22 bits per heavy atom. The Bertz CT molecular complexity index is 627. The van der Waals surface area contributed by atoms with E-state index in [2.05, 4.69) is 56.8 Å². The molecule has 0 bridgehead atoms. The van der Waals surface area contributed by atoms with Gasteiger partial charge in [-0.3, -0.25) is 0 Å². The number of rotatable bonds is 3. The van der Waals surface area contributed by atoms with Crippen molar-refractivity contribution in [3.8, 4) is 10.6 Å². The zero-order valence-corrected chi connectivity index (χ0v) is 10.6. The molecule has 0 aliphatic carbocycles. The first-order valence-corrected chi connectivity index (χ1v) is 6.43. The summed E-state index contributed by atoms with van der Waals surface area (Å²) in [5, 5.41) is 16.9. The Morgan fingerprint density at radius 3 is 2.78 bits per heavy atom. The van der Waals surface area contributed by atoms with Crippen LogP contribution in [0.5, 0.6) is 0 Å². The van der Waals surface area contributed by atoms with Crippen molar-refractivity contribution in [3.63, 3.8) is 0 Å². The van der Waals surface area contributed by atoms with E-state index in [0.717, 1.165) is 16.3 Å². The van der Waals surface area contributed by atoms with Crippen molar-refractivity contribution in [1.29, 1.82) is 0 Å². The molecule has 1 N–H and O–H groups in total. The zero-order valence-electron chi connectivity index (χ0n) is 9.79. The number of thiazole rings is 1. The molecule has 2 aromatic heterocycles. The van der Waals surface area contributed by atoms with Crippen LogP contribution in [0.1, 0.15) is 17.1 Å². The minimum absolute atomic E-state index is 0.610. The lowest BCUT2D eigenvalue weighted by Gasteiger charge is -1.96. The van der Waals surface area contributed by atoms with E-state index in [0.29, 0.717) is 12.2 Å². The first kappa shape index (κ1) is 11.0. The van der Waals surface area contributed by atoms with Crippen LogP contribution in [0, 0.1) is 6.92 Å². The third-order valence-corrected chi connectivity index (χ3v) is 3.52. The van der Waals surface area contributed by atoms with Crippen LogP contribution in [-0.2, 0) is 6.42 Å². The Hall–Kier alpha value is -2.08. The second-order valence-corrected chi connectivity index (χ2v) is 4.87. The number of aromatic nitrogens is 5. The SMILES string of the molecule is Cc1ccc(-c2nc(Cc3nn[nH]n3)cs2)cc1. The minimum Gasteiger partial charge on any atom is -0.241 e. The Labute approximate surface area is 108 Å². The molecule has 0 saturated heterocycles. The van der Waals surface area contributed by atoms with Gasteiger partial charge in [0.25, 0.3) is 0 Å². The van der Waals surface area contributed by atoms with Crippen LogP contribution in [0.25, 0.3) is 10.6 Å². The molecule has 0 amide bonds. The third-order valence-electron chi connectivity index (χ3n) is 2.58. The molecule has 3 aromatic rings. The molecule has 3 rings (SSSR count). The summed E-state index contributed by atoms with van der Waals surface area (Å²) < 4.78 is 0. The van der Waals surface area contributed by atoms with Crippen molar-refractivity contribution in [2.45, 2.75) is 13.3 Å². The van der Waals surface area contributed by atoms with Gasteiger partial charge in [0.15, 0.2) is 5.82 Å². The van der Waals surface area contributed by atoms with Crippen molar-refractivity contribution in [2.24, 2.45) is 0 Å². The summed E-state index contributed by atoms with van der Waals surface area (Å²) >= 11 is 1.63. The molecular formula is C12H11N5S. The van der Waals surface area contributed by atoms with Gasteiger partial charge in [0, 0.05) is 10.9 Å². The maximum absolute atomic E-state index is 4.58. The Kier molecular flexibility index (Phi) is 2.85. The first-order chi connectivity index (χ1) is 8.81. The molecule has 0 aliphatic heterocycles. The van der Waals surface area contributed by atoms with E-state index in [4.69, 9.17) is 0 Å². The van der Waals surface area contributed by atoms with Crippen LogP contribution in [0.15, 0.2) is 29.6 Å². The molecule has 0 atom stereocenters. The lowest BCUT2D eigenvalue weighted by Crippen LogP contribution is -1.91. The minimum atomic E-state index is 0.610. The van der Waals surface area contributed by atoms with Gasteiger partial charge in [-0.05, 0) is 6.92 Å². The molecule has 0 fully saturated rings. The number of nitrogens with zero attached hydrogens (tertiary/aromatic N) is 4. The van der Waals surface area contributed by atoms with Gasteiger partial charge in [0.2, 0.25) is 0 Å². The molecule has 1 aromatic carbocycles. The summed E-state index contributed by atoms with van der Waals surface area (Å²) in [5.74, 6) is 0.663. The van der Waals surface area contributed by atoms with Crippen LogP contribution < -0.4 is 0 Å². The van der Waals surface area contributed by atoms with Gasteiger partial charge in [0.1, 0.15) is 5.01 Å². The second kappa shape index (κ2) is 4.66. The highest BCUT2D eigenvalue weighted by Crippen LogP contribution is 2.24. The molecule has 2 heterocycles. The Morgan fingerprint density at radius 2 is 2.06 bits per heavy atom. The van der Waals surface area contributed by atoms with Crippen molar-refractivity contribution in [1.82, 2.24) is 25.6 Å². The molecule has 5 nitrogen and oxygen atoms in total. The predicted octanol–water partition coefficient (Wildman–Crippen LogP) is 2.22. The van der Waals surface area contributed by atoms with Crippen molar-refractivity contribution >= 4 is 11.3 Å². The second-order valence-electron chi connectivity index (χ2n) is 4.01. The van der Waals surface area contributed by atoms with Crippen molar-refractivity contribution in [3.05, 3.63) is 46.7 Å². The van der Waals surface area contributed by atoms with Crippen molar-refractivity contribution < 1.29 is 0 Å². The molecule has 0 saturated carbocycles. The van der Waals surface area contributed by atoms with Crippen LogP contribution in [0.3, 0.4) is 0 Å². The van der Waals surface area contributed by atoms with E-state index in [1.54, 1.807) is 11.3 Å². The maximum Gasteiger partial charge on any atom is 0.180 e. The van der Waals surface area contributed by atoms with Crippen LogP contribution >= 0.6 is 11.3 Å². The molecule has 18 heavy (non-hydrogen) atoms. The van der Waals surface area contributed by atoms with Crippen LogP contribution in [0.4, 0.5) is 0 Å². The van der Waals surface area contributed by atoms with E-state index in [1.165, 1.54) is 5.56 Å². The van der Waals surface area contributed by atoms with E-state index in [9.17, 15) is 0 Å². The lowest BCUT2D eigenvalue weighted by molar-refractivity contribution is 0.881. The number of hydrogen-bond acceptors (Lipinski definition) is 5. The largest absolute Gasteiger partial charge is 0.241 e. The number of nitrogens with one attached hydrogen (secondary N) is 1. The molecule has 0 unspecified atom stereocenters. The summed E-state index contributed by atoms with van der Waals surface area (Å²) in [4.78, 5) is 4.58. The van der Waals surface area contributed by atoms with E-state index >= 15 is 0 Å². The average molecular weight is 257 g/mol. The van der Waals surface area contributed by atoms with Gasteiger partial charge in [-0.25, -0.2) is 4.98 Å². The first-order valence-electron chi connectivity index (χ1n) is 5.55. The van der Waals surface area contributed by atoms with Crippen molar-refractivity contribution in [2.75, 3.05) is 0 Å². The summed E-state index contributed by atoms with van der Waals surface area (Å²) in [6.07, 6.45) is 0.610. The highest BCUT2D eigenvalue weighted by Gasteiger charge is 2.07. The number of hydrogen-bond donors (Lipinski definition) is 1. The van der Waals surface area contributed by atoms with E-state index in [1.807, 2.05) is 5.38 Å². The van der Waals surface area contributed by atoms with Gasteiger partial charge >= 0.3 is 0 Å². The Balaban J connectivity index is 1.83. The van der Waals surface area contributed by atoms with Crippen LogP contribution in [0.2, 0.25) is 0 Å². The average Bonchev–Trinajstić information content (AvgIpc) is 3.02. The van der Waals surface area contributed by atoms with Gasteiger partial charge in [-0.15, -0.1) is 21.5 Å². The molecule has 6 heteroatoms. The fourth-order valence-corrected chi connectivity index (χ4v) is 2.46. The van der Waals surface area contributed by atoms with Gasteiger partial charge in [-0.2, -0.15) is 5.21 Å². The predicted molar refractivity (Wildman–Crippen MR) is 69.3 cm³/mol. The number of aromatic amines is 1. The van der Waals surface area contributed by atoms with E-state index < -0.39 is 0 Å². The molecule has 0 radical (unpaired) electrons. The fourth-order valence-electron chi connectivity index (χ4n) is 1.64. The zero-order chi connectivity index (χ0) is 12.4. The number of aryl methyl sites for hydroxylation is 1. The van der Waals surface area contributed by atoms with Gasteiger partial charge in [0.05, 0.1) is 12.1 Å².